The summed E-state index contributed by atoms with van der Waals surface area (Å²) in [5.41, 5.74) is 10.9. The number of primary amides is 1. The Kier molecular flexibility index (Phi) is 4.16. The molecule has 5 heteroatoms. The molecule has 0 spiro atoms. The van der Waals surface area contributed by atoms with Gasteiger partial charge in [0, 0.05) is 11.8 Å². The average Bonchev–Trinajstić information content (AvgIpc) is 2.30. The number of amides is 1. The Labute approximate surface area is 118 Å². The third-order valence-electron chi connectivity index (χ3n) is 3.80. The van der Waals surface area contributed by atoms with E-state index in [0.29, 0.717) is 11.8 Å². The third kappa shape index (κ3) is 3.21. The average molecular weight is 280 g/mol. The van der Waals surface area contributed by atoms with Crippen LogP contribution >= 0.6 is 0 Å². The Hall–Kier alpha value is -1.78. The highest BCUT2D eigenvalue weighted by Gasteiger charge is 2.26. The van der Waals surface area contributed by atoms with Crippen molar-refractivity contribution >= 4 is 11.6 Å². The number of nitrogens with two attached hydrogens (primary N) is 2. The number of ether oxygens (including phenoxy) is 1. The van der Waals surface area contributed by atoms with Crippen LogP contribution in [0.25, 0.3) is 0 Å². The van der Waals surface area contributed by atoms with Gasteiger partial charge in [-0.1, -0.05) is 13.8 Å². The van der Waals surface area contributed by atoms with E-state index in [1.54, 1.807) is 0 Å². The molecule has 1 saturated carbocycles. The van der Waals surface area contributed by atoms with Crippen LogP contribution in [0.1, 0.15) is 43.5 Å². The van der Waals surface area contributed by atoms with Crippen molar-refractivity contribution in [3.8, 4) is 5.75 Å². The van der Waals surface area contributed by atoms with Gasteiger partial charge in [0.25, 0.3) is 5.91 Å². The molecule has 0 bridgehead atoms. The van der Waals surface area contributed by atoms with Crippen molar-refractivity contribution in [2.45, 2.75) is 39.2 Å². The van der Waals surface area contributed by atoms with Crippen molar-refractivity contribution < 1.29 is 13.9 Å². The largest absolute Gasteiger partial charge is 0.487 e. The van der Waals surface area contributed by atoms with E-state index in [4.69, 9.17) is 16.2 Å². The van der Waals surface area contributed by atoms with Gasteiger partial charge in [-0.15, -0.1) is 0 Å². The molecule has 0 saturated heterocycles. The van der Waals surface area contributed by atoms with Gasteiger partial charge in [0.1, 0.15) is 0 Å². The molecule has 0 radical (unpaired) electrons. The summed E-state index contributed by atoms with van der Waals surface area (Å²) < 4.78 is 19.6. The molecule has 0 heterocycles. The Bertz CT molecular complexity index is 509. The van der Waals surface area contributed by atoms with E-state index in [1.807, 2.05) is 0 Å². The zero-order chi connectivity index (χ0) is 14.9. The maximum atomic E-state index is 13.9. The first-order valence-corrected chi connectivity index (χ1v) is 6.92. The van der Waals surface area contributed by atoms with Crippen LogP contribution in [0.3, 0.4) is 0 Å². The molecule has 1 aromatic carbocycles. The molecular formula is C15H21FN2O2. The van der Waals surface area contributed by atoms with Gasteiger partial charge in [0.15, 0.2) is 11.6 Å². The van der Waals surface area contributed by atoms with Gasteiger partial charge in [-0.05, 0) is 37.2 Å². The van der Waals surface area contributed by atoms with Crippen LogP contribution in [0, 0.1) is 17.7 Å². The van der Waals surface area contributed by atoms with E-state index < -0.39 is 11.7 Å². The highest BCUT2D eigenvalue weighted by Crippen LogP contribution is 2.33. The second kappa shape index (κ2) is 5.69. The summed E-state index contributed by atoms with van der Waals surface area (Å²) in [6.07, 6.45) is 2.91. The van der Waals surface area contributed by atoms with Crippen molar-refractivity contribution in [3.05, 3.63) is 23.5 Å². The minimum atomic E-state index is -0.683. The molecule has 20 heavy (non-hydrogen) atoms. The van der Waals surface area contributed by atoms with E-state index >= 15 is 0 Å². The minimum Gasteiger partial charge on any atom is -0.487 e. The van der Waals surface area contributed by atoms with Crippen LogP contribution in [0.15, 0.2) is 12.1 Å². The number of hydrogen-bond donors (Lipinski definition) is 2. The number of anilines is 1. The molecule has 1 aromatic rings. The summed E-state index contributed by atoms with van der Waals surface area (Å²) >= 11 is 0. The molecule has 1 aliphatic carbocycles. The predicted molar refractivity (Wildman–Crippen MR) is 75.9 cm³/mol. The van der Waals surface area contributed by atoms with Crippen molar-refractivity contribution in [3.63, 3.8) is 0 Å². The van der Waals surface area contributed by atoms with E-state index in [-0.39, 0.29) is 23.1 Å². The summed E-state index contributed by atoms with van der Waals surface area (Å²) in [5.74, 6) is -0.0807. The Morgan fingerprint density at radius 3 is 2.40 bits per heavy atom. The molecule has 1 amide bonds. The first kappa shape index (κ1) is 14.6. The Morgan fingerprint density at radius 1 is 1.25 bits per heavy atom. The minimum absolute atomic E-state index is 0.0346. The monoisotopic (exact) mass is 280 g/mol. The zero-order valence-electron chi connectivity index (χ0n) is 11.9. The summed E-state index contributed by atoms with van der Waals surface area (Å²) in [4.78, 5) is 11.2. The molecule has 1 aliphatic rings. The molecule has 4 N–H and O–H groups in total. The summed E-state index contributed by atoms with van der Waals surface area (Å²) in [6, 6.07) is 2.39. The van der Waals surface area contributed by atoms with Crippen LogP contribution in [0.5, 0.6) is 5.75 Å². The molecule has 2 unspecified atom stereocenters. The van der Waals surface area contributed by atoms with Crippen molar-refractivity contribution in [2.24, 2.45) is 17.6 Å². The molecule has 2 atom stereocenters. The van der Waals surface area contributed by atoms with Crippen LogP contribution in [0.4, 0.5) is 10.1 Å². The second-order valence-corrected chi connectivity index (χ2v) is 5.89. The van der Waals surface area contributed by atoms with Gasteiger partial charge in [-0.2, -0.15) is 0 Å². The zero-order valence-corrected chi connectivity index (χ0v) is 11.9. The van der Waals surface area contributed by atoms with Gasteiger partial charge in [-0.25, -0.2) is 4.39 Å². The summed E-state index contributed by atoms with van der Waals surface area (Å²) in [5, 5.41) is 0. The molecule has 110 valence electrons. The van der Waals surface area contributed by atoms with Crippen molar-refractivity contribution in [1.29, 1.82) is 0 Å². The van der Waals surface area contributed by atoms with E-state index in [1.165, 1.54) is 6.07 Å². The van der Waals surface area contributed by atoms with Crippen LogP contribution in [0.2, 0.25) is 0 Å². The van der Waals surface area contributed by atoms with E-state index in [2.05, 4.69) is 13.8 Å². The molecule has 0 aromatic heterocycles. The number of rotatable bonds is 3. The predicted octanol–water partition coefficient (Wildman–Crippen LogP) is 2.71. The smallest absolute Gasteiger partial charge is 0.250 e. The van der Waals surface area contributed by atoms with Crippen molar-refractivity contribution in [1.82, 2.24) is 0 Å². The lowest BCUT2D eigenvalue weighted by atomic mass is 9.82. The SMILES string of the molecule is CC1CC(C)CC(Oc2cc(C(N)=O)c(N)cc2F)C1. The summed E-state index contributed by atoms with van der Waals surface area (Å²) in [6.45, 7) is 4.33. The maximum absolute atomic E-state index is 13.9. The molecule has 4 nitrogen and oxygen atoms in total. The molecule has 0 aliphatic heterocycles. The van der Waals surface area contributed by atoms with Crippen molar-refractivity contribution in [2.75, 3.05) is 5.73 Å². The fourth-order valence-corrected chi connectivity index (χ4v) is 3.02. The highest BCUT2D eigenvalue weighted by atomic mass is 19.1. The lowest BCUT2D eigenvalue weighted by molar-refractivity contribution is 0.0954. The maximum Gasteiger partial charge on any atom is 0.250 e. The van der Waals surface area contributed by atoms with Gasteiger partial charge in [0.2, 0.25) is 0 Å². The second-order valence-electron chi connectivity index (χ2n) is 5.89. The number of benzene rings is 1. The number of hydrogen-bond acceptors (Lipinski definition) is 3. The van der Waals surface area contributed by atoms with Crippen LogP contribution < -0.4 is 16.2 Å². The molecular weight excluding hydrogens is 259 g/mol. The summed E-state index contributed by atoms with van der Waals surface area (Å²) in [7, 11) is 0. The van der Waals surface area contributed by atoms with E-state index in [0.717, 1.165) is 25.3 Å². The molecule has 2 rings (SSSR count). The quantitative estimate of drug-likeness (QED) is 0.835. The third-order valence-corrected chi connectivity index (χ3v) is 3.80. The fourth-order valence-electron chi connectivity index (χ4n) is 3.02. The number of carbonyl (C=O) groups excluding carboxylic acids is 1. The lowest BCUT2D eigenvalue weighted by Gasteiger charge is -2.31. The topological polar surface area (TPSA) is 78.3 Å². The molecule has 1 fully saturated rings. The number of carbonyl (C=O) groups is 1. The van der Waals surface area contributed by atoms with Gasteiger partial charge in [0.05, 0.1) is 11.7 Å². The first-order chi connectivity index (χ1) is 9.36. The van der Waals surface area contributed by atoms with Crippen LogP contribution in [-0.2, 0) is 0 Å². The highest BCUT2D eigenvalue weighted by molar-refractivity contribution is 5.98. The van der Waals surface area contributed by atoms with Gasteiger partial charge in [-0.3, -0.25) is 4.79 Å². The van der Waals surface area contributed by atoms with E-state index in [9.17, 15) is 9.18 Å². The Morgan fingerprint density at radius 2 is 1.85 bits per heavy atom. The van der Waals surface area contributed by atoms with Gasteiger partial charge < -0.3 is 16.2 Å². The Balaban J connectivity index is 2.20. The normalized spacial score (nSPS) is 26.2. The number of nitrogen functional groups attached to an aromatic ring is 1. The number of halogens is 1. The first-order valence-electron chi connectivity index (χ1n) is 6.92. The lowest BCUT2D eigenvalue weighted by Crippen LogP contribution is -2.29. The van der Waals surface area contributed by atoms with Gasteiger partial charge >= 0.3 is 0 Å². The van der Waals surface area contributed by atoms with Crippen LogP contribution in [-0.4, -0.2) is 12.0 Å². The standard InChI is InChI=1S/C15H21FN2O2/c1-8-3-9(2)5-10(4-8)20-14-6-11(15(18)19)13(17)7-12(14)16/h6-10H,3-5,17H2,1-2H3,(H2,18,19). The fraction of sp³-hybridized carbons (Fsp3) is 0.533.